The third kappa shape index (κ3) is 7.01. The van der Waals surface area contributed by atoms with Gasteiger partial charge in [0.2, 0.25) is 11.8 Å². The fourth-order valence-electron chi connectivity index (χ4n) is 2.51. The molecule has 2 amide bonds. The Bertz CT molecular complexity index is 776. The molecule has 144 valence electrons. The molecule has 0 saturated carbocycles. The van der Waals surface area contributed by atoms with E-state index >= 15 is 0 Å². The summed E-state index contributed by atoms with van der Waals surface area (Å²) in [6.45, 7) is 2.45. The van der Waals surface area contributed by atoms with Gasteiger partial charge in [0.1, 0.15) is 11.5 Å². The first kappa shape index (κ1) is 20.3. The van der Waals surface area contributed by atoms with Crippen molar-refractivity contribution in [3.63, 3.8) is 0 Å². The maximum Gasteiger partial charge on any atom is 0.243 e. The van der Waals surface area contributed by atoms with Crippen molar-refractivity contribution < 1.29 is 19.1 Å². The maximum atomic E-state index is 12.2. The van der Waals surface area contributed by atoms with Crippen LogP contribution in [-0.4, -0.2) is 44.0 Å². The lowest BCUT2D eigenvalue weighted by Gasteiger charge is -2.17. The molecule has 0 heterocycles. The topological polar surface area (TPSA) is 67.9 Å². The molecule has 1 N–H and O–H groups in total. The molecule has 0 aromatic heterocycles. The standard InChI is InChI=1S/C21H26N2O4/c1-16-7-4-10-19(13-16)27-12-6-11-21(25)23(2)15-20(24)22-17-8-5-9-18(14-17)26-3/h4-5,7-10,13-14H,6,11-12,15H2,1-3H3,(H,22,24). The van der Waals surface area contributed by atoms with E-state index in [0.717, 1.165) is 11.3 Å². The summed E-state index contributed by atoms with van der Waals surface area (Å²) in [5.41, 5.74) is 1.76. The smallest absolute Gasteiger partial charge is 0.243 e. The van der Waals surface area contributed by atoms with Crippen molar-refractivity contribution in [2.45, 2.75) is 19.8 Å². The second-order valence-electron chi connectivity index (χ2n) is 6.30. The molecule has 2 aromatic rings. The number of nitrogens with zero attached hydrogens (tertiary/aromatic N) is 1. The molecule has 0 aliphatic rings. The zero-order chi connectivity index (χ0) is 19.6. The number of hydrogen-bond acceptors (Lipinski definition) is 4. The first-order valence-electron chi connectivity index (χ1n) is 8.85. The highest BCUT2D eigenvalue weighted by Crippen LogP contribution is 2.16. The van der Waals surface area contributed by atoms with Crippen molar-refractivity contribution in [1.82, 2.24) is 4.90 Å². The molecule has 0 radical (unpaired) electrons. The normalized spacial score (nSPS) is 10.2. The Hall–Kier alpha value is -3.02. The predicted octanol–water partition coefficient (Wildman–Crippen LogP) is 3.26. The number of methoxy groups -OCH3 is 1. The highest BCUT2D eigenvalue weighted by atomic mass is 16.5. The van der Waals surface area contributed by atoms with E-state index in [1.165, 1.54) is 4.90 Å². The van der Waals surface area contributed by atoms with Gasteiger partial charge in [0.25, 0.3) is 0 Å². The molecule has 0 spiro atoms. The summed E-state index contributed by atoms with van der Waals surface area (Å²) < 4.78 is 10.8. The highest BCUT2D eigenvalue weighted by molar-refractivity contribution is 5.94. The largest absolute Gasteiger partial charge is 0.497 e. The van der Waals surface area contributed by atoms with Gasteiger partial charge in [0.05, 0.1) is 20.3 Å². The molecule has 27 heavy (non-hydrogen) atoms. The number of benzene rings is 2. The molecule has 0 bridgehead atoms. The average molecular weight is 370 g/mol. The number of ether oxygens (including phenoxy) is 2. The van der Waals surface area contributed by atoms with Crippen LogP contribution in [0.15, 0.2) is 48.5 Å². The quantitative estimate of drug-likeness (QED) is 0.688. The summed E-state index contributed by atoms with van der Waals surface area (Å²) in [6, 6.07) is 14.9. The van der Waals surface area contributed by atoms with Gasteiger partial charge in [-0.3, -0.25) is 9.59 Å². The van der Waals surface area contributed by atoms with Gasteiger partial charge in [-0.1, -0.05) is 18.2 Å². The zero-order valence-electron chi connectivity index (χ0n) is 16.0. The zero-order valence-corrected chi connectivity index (χ0v) is 16.0. The molecule has 6 nitrogen and oxygen atoms in total. The number of likely N-dealkylation sites (N-methyl/N-ethyl adjacent to an activating group) is 1. The third-order valence-corrected chi connectivity index (χ3v) is 3.95. The molecule has 0 saturated heterocycles. The van der Waals surface area contributed by atoms with Crippen LogP contribution in [0.25, 0.3) is 0 Å². The monoisotopic (exact) mass is 370 g/mol. The molecule has 6 heteroatoms. The Morgan fingerprint density at radius 1 is 1.07 bits per heavy atom. The fraction of sp³-hybridized carbons (Fsp3) is 0.333. The maximum absolute atomic E-state index is 12.2. The van der Waals surface area contributed by atoms with Crippen molar-refractivity contribution in [1.29, 1.82) is 0 Å². The molecule has 2 rings (SSSR count). The second-order valence-corrected chi connectivity index (χ2v) is 6.30. The van der Waals surface area contributed by atoms with Gasteiger partial charge in [0.15, 0.2) is 0 Å². The summed E-state index contributed by atoms with van der Waals surface area (Å²) in [4.78, 5) is 25.7. The van der Waals surface area contributed by atoms with E-state index in [1.54, 1.807) is 38.4 Å². The van der Waals surface area contributed by atoms with Gasteiger partial charge in [-0.15, -0.1) is 0 Å². The van der Waals surface area contributed by atoms with Gasteiger partial charge in [0, 0.05) is 25.2 Å². The second kappa shape index (κ2) is 10.2. The first-order chi connectivity index (χ1) is 13.0. The average Bonchev–Trinajstić information content (AvgIpc) is 2.65. The Labute approximate surface area is 160 Å². The van der Waals surface area contributed by atoms with E-state index in [0.29, 0.717) is 30.9 Å². The molecular weight excluding hydrogens is 344 g/mol. The first-order valence-corrected chi connectivity index (χ1v) is 8.85. The Kier molecular flexibility index (Phi) is 7.67. The number of carbonyl (C=O) groups is 2. The van der Waals surface area contributed by atoms with Crippen molar-refractivity contribution in [3.8, 4) is 11.5 Å². The van der Waals surface area contributed by atoms with E-state index in [9.17, 15) is 9.59 Å². The van der Waals surface area contributed by atoms with Crippen molar-refractivity contribution in [2.24, 2.45) is 0 Å². The lowest BCUT2D eigenvalue weighted by atomic mass is 10.2. The van der Waals surface area contributed by atoms with Crippen LogP contribution in [0.1, 0.15) is 18.4 Å². The lowest BCUT2D eigenvalue weighted by Crippen LogP contribution is -2.34. The summed E-state index contributed by atoms with van der Waals surface area (Å²) in [5, 5.41) is 2.76. The highest BCUT2D eigenvalue weighted by Gasteiger charge is 2.13. The minimum atomic E-state index is -0.255. The van der Waals surface area contributed by atoms with Crippen molar-refractivity contribution >= 4 is 17.5 Å². The molecule has 2 aromatic carbocycles. The third-order valence-electron chi connectivity index (χ3n) is 3.95. The van der Waals surface area contributed by atoms with Gasteiger partial charge in [-0.25, -0.2) is 0 Å². The summed E-state index contributed by atoms with van der Waals surface area (Å²) in [6.07, 6.45) is 0.920. The SMILES string of the molecule is COc1cccc(NC(=O)CN(C)C(=O)CCCOc2cccc(C)c2)c1. The summed E-state index contributed by atoms with van der Waals surface area (Å²) in [7, 11) is 3.19. The number of carbonyl (C=O) groups excluding carboxylic acids is 2. The number of hydrogen-bond donors (Lipinski definition) is 1. The van der Waals surface area contributed by atoms with Crippen molar-refractivity contribution in [2.75, 3.05) is 32.6 Å². The Morgan fingerprint density at radius 3 is 2.56 bits per heavy atom. The summed E-state index contributed by atoms with van der Waals surface area (Å²) in [5.74, 6) is 1.11. The van der Waals surface area contributed by atoms with Crippen LogP contribution < -0.4 is 14.8 Å². The predicted molar refractivity (Wildman–Crippen MR) is 105 cm³/mol. The van der Waals surface area contributed by atoms with E-state index in [2.05, 4.69) is 5.32 Å². The van der Waals surface area contributed by atoms with E-state index in [-0.39, 0.29) is 18.4 Å². The van der Waals surface area contributed by atoms with Crippen LogP contribution >= 0.6 is 0 Å². The van der Waals surface area contributed by atoms with E-state index in [4.69, 9.17) is 9.47 Å². The van der Waals surface area contributed by atoms with Crippen LogP contribution in [-0.2, 0) is 9.59 Å². The summed E-state index contributed by atoms with van der Waals surface area (Å²) >= 11 is 0. The fourth-order valence-corrected chi connectivity index (χ4v) is 2.51. The number of amides is 2. The number of aryl methyl sites for hydroxylation is 1. The number of rotatable bonds is 9. The van der Waals surface area contributed by atoms with Gasteiger partial charge in [-0.2, -0.15) is 0 Å². The van der Waals surface area contributed by atoms with Crippen LogP contribution in [0.3, 0.4) is 0 Å². The van der Waals surface area contributed by atoms with Crippen molar-refractivity contribution in [3.05, 3.63) is 54.1 Å². The number of nitrogens with one attached hydrogen (secondary N) is 1. The number of anilines is 1. The Morgan fingerprint density at radius 2 is 1.81 bits per heavy atom. The molecule has 0 unspecified atom stereocenters. The van der Waals surface area contributed by atoms with E-state index in [1.807, 2.05) is 31.2 Å². The minimum absolute atomic E-state index is 0.00518. The van der Waals surface area contributed by atoms with Gasteiger partial charge >= 0.3 is 0 Å². The van der Waals surface area contributed by atoms with Crippen LogP contribution in [0.4, 0.5) is 5.69 Å². The Balaban J connectivity index is 1.70. The van der Waals surface area contributed by atoms with Crippen LogP contribution in [0.5, 0.6) is 11.5 Å². The van der Waals surface area contributed by atoms with E-state index < -0.39 is 0 Å². The molecule has 0 fully saturated rings. The molecular formula is C21H26N2O4. The molecule has 0 aliphatic heterocycles. The minimum Gasteiger partial charge on any atom is -0.497 e. The van der Waals surface area contributed by atoms with Gasteiger partial charge < -0.3 is 19.7 Å². The molecule has 0 atom stereocenters. The lowest BCUT2D eigenvalue weighted by molar-refractivity contribution is -0.133. The van der Waals surface area contributed by atoms with Gasteiger partial charge in [-0.05, 0) is 43.2 Å². The van der Waals surface area contributed by atoms with Crippen LogP contribution in [0, 0.1) is 6.92 Å². The van der Waals surface area contributed by atoms with Crippen LogP contribution in [0.2, 0.25) is 0 Å². The molecule has 0 aliphatic carbocycles.